The van der Waals surface area contributed by atoms with E-state index in [1.807, 2.05) is 24.3 Å². The lowest BCUT2D eigenvalue weighted by atomic mass is 10.1. The molecule has 0 amide bonds. The van der Waals surface area contributed by atoms with Crippen molar-refractivity contribution >= 4 is 8.32 Å². The van der Waals surface area contributed by atoms with E-state index in [0.717, 1.165) is 30.6 Å². The SMILES string of the molecule is CC[C@H]1O[C@@H]([C@H](O)COCc2ccc(OC)cc2)C/C=C\CC[C@@H]1O[Si](C(C)C)(C(C)C)C(C)C. The molecule has 1 aliphatic rings. The highest BCUT2D eigenvalue weighted by Crippen LogP contribution is 2.44. The second kappa shape index (κ2) is 14.5. The first-order chi connectivity index (χ1) is 16.6. The Morgan fingerprint density at radius 2 is 1.63 bits per heavy atom. The van der Waals surface area contributed by atoms with E-state index in [1.54, 1.807) is 7.11 Å². The molecule has 5 nitrogen and oxygen atoms in total. The van der Waals surface area contributed by atoms with E-state index in [9.17, 15) is 5.11 Å². The van der Waals surface area contributed by atoms with Gasteiger partial charge in [-0.15, -0.1) is 0 Å². The van der Waals surface area contributed by atoms with Crippen molar-refractivity contribution in [2.45, 2.75) is 122 Å². The first-order valence-corrected chi connectivity index (χ1v) is 15.7. The maximum Gasteiger partial charge on any atom is 0.200 e. The van der Waals surface area contributed by atoms with Gasteiger partial charge in [-0.2, -0.15) is 0 Å². The topological polar surface area (TPSA) is 57.2 Å². The van der Waals surface area contributed by atoms with Gasteiger partial charge in [-0.25, -0.2) is 0 Å². The molecule has 0 fully saturated rings. The molecule has 0 radical (unpaired) electrons. The summed E-state index contributed by atoms with van der Waals surface area (Å²) < 4.78 is 24.9. The van der Waals surface area contributed by atoms with E-state index in [1.165, 1.54) is 0 Å². The van der Waals surface area contributed by atoms with Crippen LogP contribution >= 0.6 is 0 Å². The van der Waals surface area contributed by atoms with Gasteiger partial charge in [0.05, 0.1) is 38.6 Å². The number of rotatable bonds is 12. The van der Waals surface area contributed by atoms with Crippen LogP contribution in [0.25, 0.3) is 0 Å². The molecule has 0 aliphatic carbocycles. The fourth-order valence-corrected chi connectivity index (χ4v) is 11.3. The second-order valence-electron chi connectivity index (χ2n) is 10.8. The highest BCUT2D eigenvalue weighted by atomic mass is 28.4. The molecule has 200 valence electrons. The summed E-state index contributed by atoms with van der Waals surface area (Å²) >= 11 is 0. The Labute approximate surface area is 215 Å². The van der Waals surface area contributed by atoms with Crippen molar-refractivity contribution < 1.29 is 23.7 Å². The Morgan fingerprint density at radius 1 is 1.00 bits per heavy atom. The first-order valence-electron chi connectivity index (χ1n) is 13.5. The molecule has 0 bridgehead atoms. The van der Waals surface area contributed by atoms with Gasteiger partial charge in [-0.3, -0.25) is 0 Å². The summed E-state index contributed by atoms with van der Waals surface area (Å²) in [5.74, 6) is 0.821. The highest BCUT2D eigenvalue weighted by Gasteiger charge is 2.47. The average molecular weight is 507 g/mol. The third-order valence-corrected chi connectivity index (χ3v) is 13.7. The minimum Gasteiger partial charge on any atom is -0.497 e. The first kappa shape index (κ1) is 30.0. The third kappa shape index (κ3) is 8.16. The molecule has 4 atom stereocenters. The van der Waals surface area contributed by atoms with Gasteiger partial charge in [0.2, 0.25) is 8.32 Å². The average Bonchev–Trinajstić information content (AvgIpc) is 2.92. The smallest absolute Gasteiger partial charge is 0.200 e. The van der Waals surface area contributed by atoms with Gasteiger partial charge in [0, 0.05) is 0 Å². The summed E-state index contributed by atoms with van der Waals surface area (Å²) in [7, 11) is -0.387. The van der Waals surface area contributed by atoms with Crippen LogP contribution < -0.4 is 4.74 Å². The predicted octanol–water partition coefficient (Wildman–Crippen LogP) is 7.04. The zero-order valence-corrected chi connectivity index (χ0v) is 24.3. The molecule has 1 aliphatic heterocycles. The van der Waals surface area contributed by atoms with Crippen molar-refractivity contribution in [3.8, 4) is 5.75 Å². The van der Waals surface area contributed by atoms with Crippen LogP contribution in [0, 0.1) is 0 Å². The number of benzene rings is 1. The molecule has 1 N–H and O–H groups in total. The van der Waals surface area contributed by atoms with Crippen molar-refractivity contribution in [1.29, 1.82) is 0 Å². The molecule has 0 saturated heterocycles. The molecule has 1 aromatic rings. The number of hydrogen-bond donors (Lipinski definition) is 1. The minimum atomic E-state index is -2.04. The van der Waals surface area contributed by atoms with Gasteiger partial charge in [-0.05, 0) is 60.0 Å². The molecule has 0 saturated carbocycles. The summed E-state index contributed by atoms with van der Waals surface area (Å²) in [6.45, 7) is 16.8. The Bertz CT molecular complexity index is 724. The van der Waals surface area contributed by atoms with E-state index in [2.05, 4.69) is 60.6 Å². The standard InChI is InChI=1S/C29H50O5Si/c1-9-27-29(34-35(21(2)3,22(4)5)23(6)7)14-12-10-11-13-28(33-27)26(30)20-32-19-24-15-17-25(31-8)18-16-24/h10-11,15-18,21-23,26-30H,9,12-14,19-20H2,1-8H3/b11-10-/t26-,27-,28-,29+/m1/s1. The molecule has 1 aromatic carbocycles. The second-order valence-corrected chi connectivity index (χ2v) is 16.2. The summed E-state index contributed by atoms with van der Waals surface area (Å²) in [5, 5.41) is 11.0. The predicted molar refractivity (Wildman–Crippen MR) is 147 cm³/mol. The Balaban J connectivity index is 2.09. The molecule has 0 unspecified atom stereocenters. The van der Waals surface area contributed by atoms with Gasteiger partial charge >= 0.3 is 0 Å². The summed E-state index contributed by atoms with van der Waals surface area (Å²) in [5.41, 5.74) is 2.62. The van der Waals surface area contributed by atoms with Crippen molar-refractivity contribution in [3.05, 3.63) is 42.0 Å². The van der Waals surface area contributed by atoms with E-state index < -0.39 is 14.4 Å². The maximum atomic E-state index is 11.0. The Kier molecular flexibility index (Phi) is 12.5. The number of aliphatic hydroxyl groups is 1. The van der Waals surface area contributed by atoms with Gasteiger partial charge in [-0.1, -0.05) is 72.8 Å². The fourth-order valence-electron chi connectivity index (χ4n) is 5.70. The van der Waals surface area contributed by atoms with Crippen molar-refractivity contribution in [2.24, 2.45) is 0 Å². The van der Waals surface area contributed by atoms with Gasteiger partial charge in [0.15, 0.2) is 0 Å². The summed E-state index contributed by atoms with van der Waals surface area (Å²) in [6.07, 6.45) is 6.81. The fraction of sp³-hybridized carbons (Fsp3) is 0.724. The zero-order valence-electron chi connectivity index (χ0n) is 23.3. The van der Waals surface area contributed by atoms with Crippen molar-refractivity contribution in [2.75, 3.05) is 13.7 Å². The molecule has 6 heteroatoms. The van der Waals surface area contributed by atoms with Crippen LogP contribution in [-0.2, 0) is 20.5 Å². The number of hydrogen-bond acceptors (Lipinski definition) is 5. The van der Waals surface area contributed by atoms with E-state index >= 15 is 0 Å². The maximum absolute atomic E-state index is 11.0. The largest absolute Gasteiger partial charge is 0.497 e. The molecular weight excluding hydrogens is 456 g/mol. The van der Waals surface area contributed by atoms with Crippen LogP contribution in [0.4, 0.5) is 0 Å². The van der Waals surface area contributed by atoms with Crippen LogP contribution in [-0.4, -0.2) is 51.6 Å². The van der Waals surface area contributed by atoms with Crippen LogP contribution in [0.2, 0.25) is 16.6 Å². The number of ether oxygens (including phenoxy) is 3. The van der Waals surface area contributed by atoms with Crippen LogP contribution in [0.1, 0.15) is 79.7 Å². The Hall–Kier alpha value is -1.18. The van der Waals surface area contributed by atoms with Gasteiger partial charge in [0.1, 0.15) is 11.9 Å². The lowest BCUT2D eigenvalue weighted by molar-refractivity contribution is -0.128. The number of allylic oxidation sites excluding steroid dienone is 1. The molecular formula is C29H50O5Si. The molecule has 1 heterocycles. The van der Waals surface area contributed by atoms with E-state index in [0.29, 0.717) is 29.7 Å². The Morgan fingerprint density at radius 3 is 2.17 bits per heavy atom. The molecule has 35 heavy (non-hydrogen) atoms. The molecule has 2 rings (SSSR count). The lowest BCUT2D eigenvalue weighted by Gasteiger charge is -2.46. The van der Waals surface area contributed by atoms with Crippen LogP contribution in [0.5, 0.6) is 5.75 Å². The monoisotopic (exact) mass is 506 g/mol. The number of methoxy groups -OCH3 is 1. The van der Waals surface area contributed by atoms with E-state index in [-0.39, 0.29) is 24.9 Å². The third-order valence-electron chi connectivity index (χ3n) is 7.53. The molecule has 0 spiro atoms. The normalized spacial score (nSPS) is 23.7. The summed E-state index contributed by atoms with van der Waals surface area (Å²) in [6, 6.07) is 7.80. The van der Waals surface area contributed by atoms with Gasteiger partial charge < -0.3 is 23.7 Å². The zero-order chi connectivity index (χ0) is 26.0. The number of aliphatic hydroxyl groups excluding tert-OH is 1. The van der Waals surface area contributed by atoms with Crippen LogP contribution in [0.3, 0.4) is 0 Å². The molecule has 0 aromatic heterocycles. The van der Waals surface area contributed by atoms with Crippen molar-refractivity contribution in [3.63, 3.8) is 0 Å². The van der Waals surface area contributed by atoms with Crippen LogP contribution in [0.15, 0.2) is 36.4 Å². The summed E-state index contributed by atoms with van der Waals surface area (Å²) in [4.78, 5) is 0. The minimum absolute atomic E-state index is 0.0385. The van der Waals surface area contributed by atoms with Crippen molar-refractivity contribution in [1.82, 2.24) is 0 Å². The quantitative estimate of drug-likeness (QED) is 0.243. The highest BCUT2D eigenvalue weighted by molar-refractivity contribution is 6.77. The van der Waals surface area contributed by atoms with E-state index in [4.69, 9.17) is 18.6 Å². The van der Waals surface area contributed by atoms with Gasteiger partial charge in [0.25, 0.3) is 0 Å². The lowest BCUT2D eigenvalue weighted by Crippen LogP contribution is -2.53.